The lowest BCUT2D eigenvalue weighted by Gasteiger charge is -2.07. The topological polar surface area (TPSA) is 59.7 Å². The van der Waals surface area contributed by atoms with Crippen LogP contribution < -0.4 is 10.6 Å². The lowest BCUT2D eigenvalue weighted by molar-refractivity contribution is 0.624. The van der Waals surface area contributed by atoms with Crippen LogP contribution in [0.2, 0.25) is 5.02 Å². The van der Waals surface area contributed by atoms with Crippen LogP contribution >= 0.6 is 23.8 Å². The molecule has 0 radical (unpaired) electrons. The van der Waals surface area contributed by atoms with Crippen LogP contribution in [0, 0.1) is 12.7 Å². The number of aromatic nitrogens is 4. The zero-order valence-electron chi connectivity index (χ0n) is 16.7. The maximum Gasteiger partial charge on any atom is 0.177 e. The molecular formula is C22H20ClFN6S. The van der Waals surface area contributed by atoms with Gasteiger partial charge in [0.05, 0.1) is 13.1 Å². The van der Waals surface area contributed by atoms with E-state index in [2.05, 4.69) is 39.9 Å². The minimum absolute atomic E-state index is 0.364. The molecule has 2 aromatic carbocycles. The Labute approximate surface area is 189 Å². The number of nitrogens with one attached hydrogen (secondary N) is 2. The average Bonchev–Trinajstić information content (AvgIpc) is 3.35. The second kappa shape index (κ2) is 9.28. The average molecular weight is 455 g/mol. The van der Waals surface area contributed by atoms with Crippen molar-refractivity contribution >= 4 is 40.6 Å². The van der Waals surface area contributed by atoms with Crippen molar-refractivity contribution in [2.75, 3.05) is 10.6 Å². The van der Waals surface area contributed by atoms with Crippen LogP contribution in [0.1, 0.15) is 16.7 Å². The number of nitrogens with zero attached hydrogens (tertiary/aromatic N) is 4. The van der Waals surface area contributed by atoms with Crippen molar-refractivity contribution in [1.29, 1.82) is 0 Å². The Morgan fingerprint density at radius 3 is 2.16 bits per heavy atom. The van der Waals surface area contributed by atoms with Gasteiger partial charge in [-0.2, -0.15) is 10.2 Å². The van der Waals surface area contributed by atoms with Crippen LogP contribution in [0.5, 0.6) is 0 Å². The molecule has 0 saturated heterocycles. The second-order valence-electron chi connectivity index (χ2n) is 7.04. The van der Waals surface area contributed by atoms with Crippen LogP contribution in [0.25, 0.3) is 0 Å². The summed E-state index contributed by atoms with van der Waals surface area (Å²) >= 11 is 11.5. The number of benzene rings is 2. The second-order valence-corrected chi connectivity index (χ2v) is 7.85. The molecule has 2 aromatic heterocycles. The van der Waals surface area contributed by atoms with E-state index in [0.29, 0.717) is 34.9 Å². The largest absolute Gasteiger partial charge is 0.316 e. The monoisotopic (exact) mass is 454 g/mol. The fraction of sp³-hybridized carbons (Fsp3) is 0.136. The van der Waals surface area contributed by atoms with Crippen molar-refractivity contribution in [3.8, 4) is 0 Å². The van der Waals surface area contributed by atoms with Gasteiger partial charge in [-0.1, -0.05) is 41.9 Å². The Kier molecular flexibility index (Phi) is 6.29. The lowest BCUT2D eigenvalue weighted by atomic mass is 10.1. The van der Waals surface area contributed by atoms with Gasteiger partial charge in [-0.25, -0.2) is 4.39 Å². The molecule has 31 heavy (non-hydrogen) atoms. The molecule has 4 rings (SSSR count). The first kappa shape index (κ1) is 21.0. The van der Waals surface area contributed by atoms with Crippen LogP contribution in [0.3, 0.4) is 0 Å². The maximum atomic E-state index is 13.2. The summed E-state index contributed by atoms with van der Waals surface area (Å²) in [6.45, 7) is 3.19. The van der Waals surface area contributed by atoms with E-state index in [0.717, 1.165) is 5.56 Å². The summed E-state index contributed by atoms with van der Waals surface area (Å²) in [6.07, 6.45) is 3.69. The van der Waals surface area contributed by atoms with Gasteiger partial charge in [0.15, 0.2) is 16.7 Å². The van der Waals surface area contributed by atoms with Gasteiger partial charge < -0.3 is 10.6 Å². The number of halogens is 2. The van der Waals surface area contributed by atoms with Gasteiger partial charge in [0, 0.05) is 29.5 Å². The summed E-state index contributed by atoms with van der Waals surface area (Å²) < 4.78 is 16.7. The van der Waals surface area contributed by atoms with Crippen molar-refractivity contribution in [2.24, 2.45) is 0 Å². The highest BCUT2D eigenvalue weighted by Gasteiger charge is 2.08. The van der Waals surface area contributed by atoms with Gasteiger partial charge in [0.1, 0.15) is 5.82 Å². The summed E-state index contributed by atoms with van der Waals surface area (Å²) in [5.74, 6) is 0.855. The predicted molar refractivity (Wildman–Crippen MR) is 125 cm³/mol. The first-order chi connectivity index (χ1) is 15.0. The van der Waals surface area contributed by atoms with E-state index >= 15 is 0 Å². The fourth-order valence-corrected chi connectivity index (χ4v) is 3.52. The smallest absolute Gasteiger partial charge is 0.177 e. The minimum atomic E-state index is -0.366. The zero-order valence-corrected chi connectivity index (χ0v) is 18.3. The molecule has 0 atom stereocenters. The molecular weight excluding hydrogens is 435 g/mol. The molecule has 0 saturated carbocycles. The van der Waals surface area contributed by atoms with Crippen molar-refractivity contribution < 1.29 is 4.39 Å². The summed E-state index contributed by atoms with van der Waals surface area (Å²) in [7, 11) is 0. The van der Waals surface area contributed by atoms with E-state index in [1.165, 1.54) is 23.3 Å². The van der Waals surface area contributed by atoms with Gasteiger partial charge >= 0.3 is 0 Å². The van der Waals surface area contributed by atoms with Gasteiger partial charge in [-0.05, 0) is 48.0 Å². The quantitative estimate of drug-likeness (QED) is 0.397. The normalized spacial score (nSPS) is 10.8. The predicted octanol–water partition coefficient (Wildman–Crippen LogP) is 5.09. The summed E-state index contributed by atoms with van der Waals surface area (Å²) in [5.41, 5.74) is 3.21. The van der Waals surface area contributed by atoms with E-state index in [1.807, 2.05) is 29.1 Å². The molecule has 0 spiro atoms. The Bertz CT molecular complexity index is 1220. The SMILES string of the molecule is Cc1ccccc1Cn1ccc(NC(=S)Nc2ccn(Cc3ccc(F)cc3Cl)n2)n1. The third-order valence-corrected chi connectivity index (χ3v) is 5.26. The molecule has 2 heterocycles. The zero-order chi connectivity index (χ0) is 21.8. The van der Waals surface area contributed by atoms with Crippen molar-refractivity contribution in [3.63, 3.8) is 0 Å². The molecule has 2 N–H and O–H groups in total. The highest BCUT2D eigenvalue weighted by molar-refractivity contribution is 7.80. The highest BCUT2D eigenvalue weighted by Crippen LogP contribution is 2.18. The first-order valence-electron chi connectivity index (χ1n) is 9.59. The summed E-state index contributed by atoms with van der Waals surface area (Å²) in [5, 5.41) is 15.8. The van der Waals surface area contributed by atoms with Gasteiger partial charge in [0.2, 0.25) is 0 Å². The molecule has 9 heteroatoms. The molecule has 0 bridgehead atoms. The van der Waals surface area contributed by atoms with Crippen molar-refractivity contribution in [3.05, 3.63) is 94.5 Å². The number of hydrogen-bond acceptors (Lipinski definition) is 3. The first-order valence-corrected chi connectivity index (χ1v) is 10.4. The molecule has 4 aromatic rings. The van der Waals surface area contributed by atoms with E-state index in [9.17, 15) is 4.39 Å². The van der Waals surface area contributed by atoms with E-state index in [-0.39, 0.29) is 5.82 Å². The number of rotatable bonds is 6. The van der Waals surface area contributed by atoms with E-state index in [1.54, 1.807) is 23.0 Å². The number of hydrogen-bond donors (Lipinski definition) is 2. The van der Waals surface area contributed by atoms with Crippen LogP contribution in [-0.2, 0) is 13.1 Å². The minimum Gasteiger partial charge on any atom is -0.316 e. The third kappa shape index (κ3) is 5.48. The molecule has 0 amide bonds. The van der Waals surface area contributed by atoms with Crippen molar-refractivity contribution in [2.45, 2.75) is 20.0 Å². The van der Waals surface area contributed by atoms with Crippen LogP contribution in [0.4, 0.5) is 16.0 Å². The molecule has 0 aliphatic rings. The molecule has 0 aliphatic heterocycles. The number of aryl methyl sites for hydroxylation is 1. The number of anilines is 2. The standard InChI is InChI=1S/C22H20ClFN6S/c1-15-4-2-3-5-16(15)13-29-10-8-20(27-29)25-22(31)26-21-9-11-30(28-21)14-17-6-7-18(24)12-19(17)23/h2-12H,13-14H2,1H3,(H2,25,26,27,28,31). The maximum absolute atomic E-state index is 13.2. The third-order valence-electron chi connectivity index (χ3n) is 4.71. The molecule has 158 valence electrons. The Hall–Kier alpha value is -3.23. The molecule has 6 nitrogen and oxygen atoms in total. The van der Waals surface area contributed by atoms with E-state index in [4.69, 9.17) is 23.8 Å². The van der Waals surface area contributed by atoms with Crippen LogP contribution in [0.15, 0.2) is 67.0 Å². The van der Waals surface area contributed by atoms with E-state index < -0.39 is 0 Å². The molecule has 0 fully saturated rings. The van der Waals surface area contributed by atoms with Gasteiger partial charge in [-0.15, -0.1) is 0 Å². The highest BCUT2D eigenvalue weighted by atomic mass is 35.5. The van der Waals surface area contributed by atoms with Gasteiger partial charge in [0.25, 0.3) is 0 Å². The number of thiocarbonyl (C=S) groups is 1. The molecule has 0 unspecified atom stereocenters. The summed E-state index contributed by atoms with van der Waals surface area (Å²) in [4.78, 5) is 0. The Balaban J connectivity index is 1.33. The van der Waals surface area contributed by atoms with Crippen molar-refractivity contribution in [1.82, 2.24) is 19.6 Å². The van der Waals surface area contributed by atoms with Crippen LogP contribution in [-0.4, -0.2) is 24.7 Å². The molecule has 0 aliphatic carbocycles. The van der Waals surface area contributed by atoms with Gasteiger partial charge in [-0.3, -0.25) is 9.36 Å². The Morgan fingerprint density at radius 2 is 1.55 bits per heavy atom. The lowest BCUT2D eigenvalue weighted by Crippen LogP contribution is -2.20. The fourth-order valence-electron chi connectivity index (χ4n) is 3.08. The Morgan fingerprint density at radius 1 is 0.935 bits per heavy atom. The summed E-state index contributed by atoms with van der Waals surface area (Å²) in [6, 6.07) is 16.2.